The van der Waals surface area contributed by atoms with Gasteiger partial charge >= 0.3 is 0 Å². The highest BCUT2D eigenvalue weighted by Gasteiger charge is 1.98. The van der Waals surface area contributed by atoms with E-state index in [0.717, 1.165) is 22.8 Å². The number of aryl methyl sites for hydroxylation is 4. The first-order valence-corrected chi connectivity index (χ1v) is 7.99. The molecule has 0 aromatic heterocycles. The third-order valence-electron chi connectivity index (χ3n) is 3.50. The molecule has 0 saturated carbocycles. The number of rotatable bonds is 4. The van der Waals surface area contributed by atoms with Gasteiger partial charge < -0.3 is 5.32 Å². The van der Waals surface area contributed by atoms with Crippen LogP contribution in [0.1, 0.15) is 36.1 Å². The minimum Gasteiger partial charge on any atom is -0.359 e. The Morgan fingerprint density at radius 3 is 1.78 bits per heavy atom. The van der Waals surface area contributed by atoms with E-state index in [9.17, 15) is 0 Å². The van der Waals surface area contributed by atoms with Gasteiger partial charge in [0.25, 0.3) is 0 Å². The van der Waals surface area contributed by atoms with Crippen LogP contribution in [0.2, 0.25) is 0 Å². The Hall–Kier alpha value is -2.35. The van der Waals surface area contributed by atoms with Crippen molar-refractivity contribution in [2.24, 2.45) is 4.99 Å². The molecule has 2 rings (SSSR count). The molecular weight excluding hydrogens is 280 g/mol. The Labute approximate surface area is 140 Å². The van der Waals surface area contributed by atoms with E-state index in [1.165, 1.54) is 22.3 Å². The molecule has 0 spiro atoms. The number of nitrogens with zero attached hydrogens (tertiary/aromatic N) is 1. The Morgan fingerprint density at radius 2 is 1.26 bits per heavy atom. The summed E-state index contributed by atoms with van der Waals surface area (Å²) < 4.78 is 0. The average molecular weight is 306 g/mol. The zero-order valence-corrected chi connectivity index (χ0v) is 15.0. The van der Waals surface area contributed by atoms with Crippen molar-refractivity contribution in [3.63, 3.8) is 0 Å². The first kappa shape index (κ1) is 17.0. The second-order valence-electron chi connectivity index (χ2n) is 6.43. The average Bonchev–Trinajstić information content (AvgIpc) is 2.34. The maximum absolute atomic E-state index is 4.70. The third-order valence-corrected chi connectivity index (χ3v) is 3.50. The summed E-state index contributed by atoms with van der Waals surface area (Å²) in [5.41, 5.74) is 9.22. The second-order valence-corrected chi connectivity index (χ2v) is 6.43. The maximum Gasteiger partial charge on any atom is 0.0638 e. The fourth-order valence-corrected chi connectivity index (χ4v) is 2.88. The van der Waals surface area contributed by atoms with Crippen molar-refractivity contribution in [3.8, 4) is 0 Å². The molecule has 2 nitrogen and oxygen atoms in total. The minimum atomic E-state index is 0.990. The molecule has 0 fully saturated rings. The summed E-state index contributed by atoms with van der Waals surface area (Å²) >= 11 is 0. The first-order valence-electron chi connectivity index (χ1n) is 7.99. The summed E-state index contributed by atoms with van der Waals surface area (Å²) in [5, 5.41) is 3.44. The highest BCUT2D eigenvalue weighted by molar-refractivity contribution is 5.95. The fourth-order valence-electron chi connectivity index (χ4n) is 2.88. The summed E-state index contributed by atoms with van der Waals surface area (Å²) in [6.07, 6.45) is 2.08. The smallest absolute Gasteiger partial charge is 0.0638 e. The normalized spacial score (nSPS) is 12.4. The molecule has 0 heterocycles. The quantitative estimate of drug-likeness (QED) is 0.685. The highest BCUT2D eigenvalue weighted by Crippen LogP contribution is 2.18. The van der Waals surface area contributed by atoms with Gasteiger partial charge in [0.15, 0.2) is 0 Å². The number of aliphatic imine (C=N–C) groups is 1. The highest BCUT2D eigenvalue weighted by atomic mass is 14.9. The lowest BCUT2D eigenvalue weighted by molar-refractivity contribution is 1.32. The van der Waals surface area contributed by atoms with Crippen molar-refractivity contribution in [1.29, 1.82) is 0 Å². The molecule has 0 bridgehead atoms. The standard InChI is InChI=1S/C21H26N2/c1-14-7-15(2)10-20(9-14)22-18(5)13-19(6)23-21-11-16(3)8-17(4)12-21/h7-13,22H,1-6H3/b18-13+,23-19?. The summed E-state index contributed by atoms with van der Waals surface area (Å²) in [5.74, 6) is 0. The topological polar surface area (TPSA) is 24.4 Å². The SMILES string of the molecule is CC(/C=C(\C)Nc1cc(C)cc(C)c1)=Nc1cc(C)cc(C)c1. The van der Waals surface area contributed by atoms with Crippen molar-refractivity contribution in [2.45, 2.75) is 41.5 Å². The number of allylic oxidation sites excluding steroid dienone is 2. The van der Waals surface area contributed by atoms with E-state index in [1.807, 2.05) is 6.92 Å². The number of hydrogen-bond acceptors (Lipinski definition) is 2. The summed E-state index contributed by atoms with van der Waals surface area (Å²) in [6.45, 7) is 12.5. The van der Waals surface area contributed by atoms with E-state index in [1.54, 1.807) is 0 Å². The summed E-state index contributed by atoms with van der Waals surface area (Å²) in [6, 6.07) is 12.9. The molecule has 2 heteroatoms. The van der Waals surface area contributed by atoms with Gasteiger partial charge in [-0.25, -0.2) is 0 Å². The van der Waals surface area contributed by atoms with Crippen molar-refractivity contribution in [1.82, 2.24) is 0 Å². The fraction of sp³-hybridized carbons (Fsp3) is 0.286. The first-order chi connectivity index (χ1) is 10.8. The van der Waals surface area contributed by atoms with Crippen LogP contribution < -0.4 is 5.32 Å². The molecule has 23 heavy (non-hydrogen) atoms. The largest absolute Gasteiger partial charge is 0.359 e. The third kappa shape index (κ3) is 5.41. The molecule has 0 unspecified atom stereocenters. The van der Waals surface area contributed by atoms with Crippen LogP contribution >= 0.6 is 0 Å². The molecule has 0 aliphatic heterocycles. The number of hydrogen-bond donors (Lipinski definition) is 1. The molecule has 0 atom stereocenters. The molecule has 120 valence electrons. The van der Waals surface area contributed by atoms with Crippen LogP contribution in [0, 0.1) is 27.7 Å². The van der Waals surface area contributed by atoms with E-state index in [-0.39, 0.29) is 0 Å². The molecule has 2 aromatic carbocycles. The molecule has 1 N–H and O–H groups in total. The predicted molar refractivity (Wildman–Crippen MR) is 102 cm³/mol. The maximum atomic E-state index is 4.70. The van der Waals surface area contributed by atoms with Crippen LogP contribution in [-0.2, 0) is 0 Å². The van der Waals surface area contributed by atoms with Gasteiger partial charge in [0.05, 0.1) is 5.69 Å². The van der Waals surface area contributed by atoms with E-state index in [2.05, 4.69) is 82.4 Å². The second kappa shape index (κ2) is 7.28. The number of anilines is 1. The van der Waals surface area contributed by atoms with E-state index in [4.69, 9.17) is 4.99 Å². The Kier molecular flexibility index (Phi) is 5.38. The Morgan fingerprint density at radius 1 is 0.783 bits per heavy atom. The lowest BCUT2D eigenvalue weighted by Crippen LogP contribution is -1.99. The van der Waals surface area contributed by atoms with Gasteiger partial charge in [0.1, 0.15) is 0 Å². The zero-order chi connectivity index (χ0) is 17.0. The van der Waals surface area contributed by atoms with Crippen molar-refractivity contribution in [2.75, 3.05) is 5.32 Å². The van der Waals surface area contributed by atoms with Crippen molar-refractivity contribution >= 4 is 17.1 Å². The number of benzene rings is 2. The molecule has 0 amide bonds. The van der Waals surface area contributed by atoms with Crippen LogP contribution in [0.3, 0.4) is 0 Å². The molecular formula is C21H26N2. The lowest BCUT2D eigenvalue weighted by Gasteiger charge is -2.09. The van der Waals surface area contributed by atoms with Crippen LogP contribution in [-0.4, -0.2) is 5.71 Å². The number of nitrogens with one attached hydrogen (secondary N) is 1. The lowest BCUT2D eigenvalue weighted by atomic mass is 10.1. The van der Waals surface area contributed by atoms with Gasteiger partial charge in [0, 0.05) is 17.1 Å². The summed E-state index contributed by atoms with van der Waals surface area (Å²) in [4.78, 5) is 4.70. The molecule has 0 aliphatic carbocycles. The Balaban J connectivity index is 2.17. The van der Waals surface area contributed by atoms with Crippen molar-refractivity contribution < 1.29 is 0 Å². The van der Waals surface area contributed by atoms with E-state index in [0.29, 0.717) is 0 Å². The van der Waals surface area contributed by atoms with Gasteiger partial charge in [-0.2, -0.15) is 0 Å². The molecule has 0 radical (unpaired) electrons. The minimum absolute atomic E-state index is 0.990. The van der Waals surface area contributed by atoms with Gasteiger partial charge in [-0.3, -0.25) is 4.99 Å². The van der Waals surface area contributed by atoms with Crippen LogP contribution in [0.4, 0.5) is 11.4 Å². The van der Waals surface area contributed by atoms with E-state index < -0.39 is 0 Å². The van der Waals surface area contributed by atoms with Crippen LogP contribution in [0.15, 0.2) is 53.2 Å². The van der Waals surface area contributed by atoms with E-state index >= 15 is 0 Å². The monoisotopic (exact) mass is 306 g/mol. The molecule has 0 aliphatic rings. The van der Waals surface area contributed by atoms with Gasteiger partial charge in [-0.05, 0) is 94.1 Å². The summed E-state index contributed by atoms with van der Waals surface area (Å²) in [7, 11) is 0. The van der Waals surface area contributed by atoms with Gasteiger partial charge in [-0.1, -0.05) is 12.1 Å². The van der Waals surface area contributed by atoms with Crippen molar-refractivity contribution in [3.05, 3.63) is 70.4 Å². The van der Waals surface area contributed by atoms with Gasteiger partial charge in [-0.15, -0.1) is 0 Å². The van der Waals surface area contributed by atoms with Crippen LogP contribution in [0.25, 0.3) is 0 Å². The zero-order valence-electron chi connectivity index (χ0n) is 15.0. The molecule has 2 aromatic rings. The molecule has 0 saturated heterocycles. The predicted octanol–water partition coefficient (Wildman–Crippen LogP) is 6.03. The Bertz CT molecular complexity index is 727. The van der Waals surface area contributed by atoms with Gasteiger partial charge in [0.2, 0.25) is 0 Å². The van der Waals surface area contributed by atoms with Crippen LogP contribution in [0.5, 0.6) is 0 Å².